The molecule has 5 rings (SSSR count). The number of anilines is 2. The van der Waals surface area contributed by atoms with Crippen molar-refractivity contribution in [1.29, 1.82) is 0 Å². The van der Waals surface area contributed by atoms with Crippen LogP contribution in [-0.2, 0) is 25.7 Å². The van der Waals surface area contributed by atoms with E-state index in [-0.39, 0.29) is 59.7 Å². The summed E-state index contributed by atoms with van der Waals surface area (Å²) < 4.78 is 5.80. The molecule has 8 N–H and O–H groups in total. The number of aromatic amines is 1. The summed E-state index contributed by atoms with van der Waals surface area (Å²) in [4.78, 5) is 92.9. The summed E-state index contributed by atoms with van der Waals surface area (Å²) in [6.07, 6.45) is 8.90. The second-order valence-corrected chi connectivity index (χ2v) is 17.7. The molecule has 67 heavy (non-hydrogen) atoms. The number of pyridine rings is 1. The number of fused-ring (bicyclic) bond motifs is 1. The van der Waals surface area contributed by atoms with E-state index in [1.165, 1.54) is 29.1 Å². The molecule has 3 amide bonds. The second kappa shape index (κ2) is 27.6. The number of H-pyrrole nitrogens is 1. The minimum Gasteiger partial charge on any atom is -0.494 e. The summed E-state index contributed by atoms with van der Waals surface area (Å²) in [5.41, 5.74) is 10.7. The summed E-state index contributed by atoms with van der Waals surface area (Å²) in [7, 11) is 3.09. The second-order valence-electron chi connectivity index (χ2n) is 15.3. The van der Waals surface area contributed by atoms with Gasteiger partial charge in [-0.1, -0.05) is 36.1 Å². The lowest BCUT2D eigenvalue weighted by Gasteiger charge is -2.14. The van der Waals surface area contributed by atoms with Gasteiger partial charge in [-0.2, -0.15) is 10.1 Å². The number of Topliss-reactive ketones (excluding diaryl/α,β-unsaturated/α-hetero) is 1. The van der Waals surface area contributed by atoms with Crippen molar-refractivity contribution >= 4 is 79.6 Å². The number of nitrogens with one attached hydrogen (secondary N) is 5. The molecule has 1 atom stereocenters. The third-order valence-electron chi connectivity index (χ3n) is 10.0. The number of nitrogens with two attached hydrogens (primary N) is 1. The lowest BCUT2D eigenvalue weighted by atomic mass is 10.0. The molecular weight excluding hydrogens is 899 g/mol. The zero-order valence-electron chi connectivity index (χ0n) is 37.1. The van der Waals surface area contributed by atoms with Crippen LogP contribution in [0.25, 0.3) is 11.2 Å². The van der Waals surface area contributed by atoms with Crippen molar-refractivity contribution in [2.24, 2.45) is 5.10 Å². The summed E-state index contributed by atoms with van der Waals surface area (Å²) in [6.45, 7) is 3.00. The molecular formula is C46H55N11O8S2. The van der Waals surface area contributed by atoms with Gasteiger partial charge < -0.3 is 31.5 Å². The van der Waals surface area contributed by atoms with E-state index in [1.807, 2.05) is 49.4 Å². The molecule has 0 fully saturated rings. The molecule has 5 aromatic rings. The van der Waals surface area contributed by atoms with Crippen molar-refractivity contribution in [2.75, 3.05) is 30.0 Å². The number of carbonyl (C=O) groups excluding carboxylic acids is 4. The van der Waals surface area contributed by atoms with Crippen LogP contribution in [0.4, 0.5) is 11.6 Å². The molecule has 1 unspecified atom stereocenters. The zero-order chi connectivity index (χ0) is 47.8. The highest BCUT2D eigenvalue weighted by Crippen LogP contribution is 2.29. The first-order chi connectivity index (χ1) is 32.4. The maximum atomic E-state index is 12.8. The molecule has 3 aromatic heterocycles. The number of nitrogen functional groups attached to an aromatic ring is 1. The molecule has 0 spiro atoms. The molecule has 354 valence electrons. The minimum atomic E-state index is -1.23. The van der Waals surface area contributed by atoms with Gasteiger partial charge in [-0.25, -0.2) is 25.2 Å². The predicted octanol–water partition coefficient (Wildman–Crippen LogP) is 5.82. The minimum absolute atomic E-state index is 0.0241. The molecule has 0 saturated carbocycles. The van der Waals surface area contributed by atoms with Gasteiger partial charge in [-0.05, 0) is 110 Å². The highest BCUT2D eigenvalue weighted by molar-refractivity contribution is 8.76. The molecule has 0 radical (unpaired) electrons. The summed E-state index contributed by atoms with van der Waals surface area (Å²) in [5, 5.41) is 23.4. The Labute approximate surface area is 395 Å². The first kappa shape index (κ1) is 51.1. The lowest BCUT2D eigenvalue weighted by Crippen LogP contribution is -2.41. The van der Waals surface area contributed by atoms with Crippen LogP contribution in [0.3, 0.4) is 0 Å². The van der Waals surface area contributed by atoms with E-state index >= 15 is 0 Å². The number of hydrogen-bond donors (Lipinski definition) is 7. The van der Waals surface area contributed by atoms with E-state index in [9.17, 15) is 33.9 Å². The zero-order valence-corrected chi connectivity index (χ0v) is 38.8. The summed E-state index contributed by atoms with van der Waals surface area (Å²) >= 11 is 0. The maximum Gasteiger partial charge on any atom is 0.326 e. The van der Waals surface area contributed by atoms with Gasteiger partial charge in [0, 0.05) is 55.4 Å². The van der Waals surface area contributed by atoms with E-state index in [0.717, 1.165) is 36.3 Å². The predicted molar refractivity (Wildman–Crippen MR) is 259 cm³/mol. The van der Waals surface area contributed by atoms with Crippen molar-refractivity contribution in [3.05, 3.63) is 106 Å². The normalized spacial score (nSPS) is 11.7. The van der Waals surface area contributed by atoms with Gasteiger partial charge >= 0.3 is 5.97 Å². The van der Waals surface area contributed by atoms with E-state index in [2.05, 4.69) is 51.4 Å². The van der Waals surface area contributed by atoms with E-state index < -0.39 is 23.5 Å². The SMILES string of the molecule is C/C(=N\NC(=O)CCSSc1ccccn1)c1ccc(OCCCC(=O)NCCCCCCCC(=O)CCC(NC(=O)c2ccc(NCc3cnc4nc(N)[nH]c(=O)c4n3)cc2)C(=O)O)cc1. The Morgan fingerprint density at radius 2 is 1.61 bits per heavy atom. The first-order valence-electron chi connectivity index (χ1n) is 21.9. The number of ether oxygens (including phenoxy) is 1. The van der Waals surface area contributed by atoms with Gasteiger partial charge in [-0.3, -0.25) is 29.0 Å². The van der Waals surface area contributed by atoms with Crippen molar-refractivity contribution in [2.45, 2.75) is 95.2 Å². The molecule has 3 heterocycles. The Morgan fingerprint density at radius 1 is 0.851 bits per heavy atom. The fourth-order valence-electron chi connectivity index (χ4n) is 6.33. The summed E-state index contributed by atoms with van der Waals surface area (Å²) in [5.74, 6) is -0.820. The maximum absolute atomic E-state index is 12.8. The van der Waals surface area contributed by atoms with Gasteiger partial charge in [0.2, 0.25) is 17.8 Å². The topological polar surface area (TPSA) is 286 Å². The first-order valence-corrected chi connectivity index (χ1v) is 24.2. The standard InChI is InChI=1S/C46H55N11O8S2/c1-30(56-57-39(60)23-27-66-67-40-12-6-8-25-49-40)31-15-20-36(21-16-31)65-26-9-11-38(59)48-24-7-4-2-3-5-10-35(58)19-22-37(45(63)64)53-43(61)32-13-17-33(18-14-32)50-28-34-29-51-42-41(52-34)44(62)55-46(47)54-42/h6,8,12-18,20-21,25,29,37,50H,2-5,7,9-11,19,22-24,26-28H2,1H3,(H,48,59)(H,53,61)(H,57,60)(H,63,64)(H3,47,51,54,55,62)/b56-30+. The third kappa shape index (κ3) is 18.5. The van der Waals surface area contributed by atoms with Gasteiger partial charge in [0.25, 0.3) is 11.5 Å². The molecule has 2 aromatic carbocycles. The number of carboxylic acids is 1. The number of hydrogen-bond acceptors (Lipinski definition) is 16. The van der Waals surface area contributed by atoms with Gasteiger partial charge in [0.15, 0.2) is 11.2 Å². The Morgan fingerprint density at radius 3 is 2.37 bits per heavy atom. The molecule has 0 aliphatic heterocycles. The van der Waals surface area contributed by atoms with Crippen LogP contribution in [0.2, 0.25) is 0 Å². The van der Waals surface area contributed by atoms with Crippen molar-refractivity contribution in [1.82, 2.24) is 41.0 Å². The van der Waals surface area contributed by atoms with E-state index in [4.69, 9.17) is 10.5 Å². The van der Waals surface area contributed by atoms with E-state index in [1.54, 1.807) is 29.1 Å². The highest BCUT2D eigenvalue weighted by Gasteiger charge is 2.22. The largest absolute Gasteiger partial charge is 0.494 e. The number of hydrazone groups is 1. The summed E-state index contributed by atoms with van der Waals surface area (Å²) in [6, 6.07) is 18.2. The number of carbonyl (C=O) groups is 5. The molecule has 0 saturated heterocycles. The Bertz CT molecular complexity index is 2510. The molecule has 0 aliphatic carbocycles. The van der Waals surface area contributed by atoms with Crippen LogP contribution in [0.1, 0.15) is 99.2 Å². The number of aromatic nitrogens is 5. The monoisotopic (exact) mass is 953 g/mol. The Balaban J connectivity index is 0.852. The van der Waals surface area contributed by atoms with Crippen LogP contribution in [0, 0.1) is 0 Å². The number of amides is 3. The quantitative estimate of drug-likeness (QED) is 0.0129. The van der Waals surface area contributed by atoms with E-state index in [0.29, 0.717) is 73.9 Å². The van der Waals surface area contributed by atoms with Crippen LogP contribution in [0.5, 0.6) is 5.75 Å². The van der Waals surface area contributed by atoms with Crippen molar-refractivity contribution < 1.29 is 33.8 Å². The lowest BCUT2D eigenvalue weighted by molar-refractivity contribution is -0.139. The van der Waals surface area contributed by atoms with Gasteiger partial charge in [-0.15, -0.1) is 0 Å². The number of carboxylic acid groups (broad SMARTS) is 1. The number of aliphatic carboxylic acids is 1. The number of unbranched alkanes of at least 4 members (excludes halogenated alkanes) is 4. The number of rotatable bonds is 29. The average molecular weight is 954 g/mol. The number of nitrogens with zero attached hydrogens (tertiary/aromatic N) is 5. The van der Waals surface area contributed by atoms with Gasteiger partial charge in [0.1, 0.15) is 22.6 Å². The fraction of sp³-hybridized carbons (Fsp3) is 0.370. The number of benzene rings is 2. The van der Waals surface area contributed by atoms with Crippen LogP contribution in [0.15, 0.2) is 94.0 Å². The molecule has 19 nitrogen and oxygen atoms in total. The Kier molecular flexibility index (Phi) is 21.0. The molecule has 21 heteroatoms. The van der Waals surface area contributed by atoms with Crippen LogP contribution in [-0.4, -0.2) is 90.2 Å². The number of ketones is 1. The van der Waals surface area contributed by atoms with Gasteiger partial charge in [0.05, 0.1) is 30.8 Å². The van der Waals surface area contributed by atoms with Crippen molar-refractivity contribution in [3.8, 4) is 5.75 Å². The van der Waals surface area contributed by atoms with Crippen molar-refractivity contribution in [3.63, 3.8) is 0 Å². The van der Waals surface area contributed by atoms with Crippen LogP contribution < -0.4 is 37.4 Å². The highest BCUT2D eigenvalue weighted by atomic mass is 33.1. The molecule has 0 bridgehead atoms. The average Bonchev–Trinajstić information content (AvgIpc) is 3.33. The fourth-order valence-corrected chi connectivity index (χ4v) is 8.19. The third-order valence-corrected chi connectivity index (χ3v) is 12.3. The smallest absolute Gasteiger partial charge is 0.326 e. The molecule has 0 aliphatic rings. The Hall–Kier alpha value is -6.87. The van der Waals surface area contributed by atoms with Crippen LogP contribution >= 0.6 is 21.6 Å².